The molecule has 0 aromatic heterocycles. The van der Waals surface area contributed by atoms with Crippen LogP contribution in [-0.4, -0.2) is 75.3 Å². The maximum Gasteiger partial charge on any atom is 0.303 e. The van der Waals surface area contributed by atoms with E-state index in [1.54, 1.807) is 12.1 Å². The van der Waals surface area contributed by atoms with Gasteiger partial charge in [0, 0.05) is 53.9 Å². The number of anilines is 1. The van der Waals surface area contributed by atoms with Crippen LogP contribution in [0.25, 0.3) is 0 Å². The lowest BCUT2D eigenvalue weighted by molar-refractivity contribution is -0.288. The third kappa shape index (κ3) is 8.44. The number of hydrogen-bond acceptors (Lipinski definition) is 11. The molecule has 1 heterocycles. The molecular weight excluding hydrogens is 522 g/mol. The van der Waals surface area contributed by atoms with Gasteiger partial charge in [-0.1, -0.05) is 30.3 Å². The molecule has 0 aliphatic carbocycles. The normalized spacial score (nSPS) is 22.0. The topological polar surface area (TPSA) is 127 Å². The SMILES string of the molecule is CC(=O)OC[C@H]1O[C@@H](Oc2ccccc2Cc2ccc(N(C)C)cc2)[C@H](OC(C)=O)[C@@H](OC(C)=O)[C@@H]1OC(C)=O. The summed E-state index contributed by atoms with van der Waals surface area (Å²) in [6, 6.07) is 15.3. The molecular formula is C29H35NO10. The van der Waals surface area contributed by atoms with Crippen molar-refractivity contribution >= 4 is 29.6 Å². The minimum absolute atomic E-state index is 0.336. The van der Waals surface area contributed by atoms with Crippen molar-refractivity contribution in [3.63, 3.8) is 0 Å². The lowest BCUT2D eigenvalue weighted by Crippen LogP contribution is -2.63. The summed E-state index contributed by atoms with van der Waals surface area (Å²) in [5.74, 6) is -2.29. The second kappa shape index (κ2) is 13.8. The van der Waals surface area contributed by atoms with Gasteiger partial charge in [-0.2, -0.15) is 0 Å². The highest BCUT2D eigenvalue weighted by Gasteiger charge is 2.53. The van der Waals surface area contributed by atoms with Crippen LogP contribution in [0.1, 0.15) is 38.8 Å². The summed E-state index contributed by atoms with van der Waals surface area (Å²) in [6.07, 6.45) is -5.76. The maximum absolute atomic E-state index is 12.1. The summed E-state index contributed by atoms with van der Waals surface area (Å²) >= 11 is 0. The van der Waals surface area contributed by atoms with Crippen LogP contribution in [0.4, 0.5) is 5.69 Å². The summed E-state index contributed by atoms with van der Waals surface area (Å²) in [5.41, 5.74) is 2.90. The molecule has 1 aliphatic rings. The van der Waals surface area contributed by atoms with E-state index in [-0.39, 0.29) is 6.61 Å². The largest absolute Gasteiger partial charge is 0.463 e. The van der Waals surface area contributed by atoms with E-state index in [0.29, 0.717) is 12.2 Å². The Morgan fingerprint density at radius 3 is 1.90 bits per heavy atom. The van der Waals surface area contributed by atoms with E-state index in [4.69, 9.17) is 28.4 Å². The second-order valence-electron chi connectivity index (χ2n) is 9.53. The molecule has 3 rings (SSSR count). The highest BCUT2D eigenvalue weighted by molar-refractivity contribution is 5.68. The van der Waals surface area contributed by atoms with Gasteiger partial charge in [-0.3, -0.25) is 19.2 Å². The van der Waals surface area contributed by atoms with Gasteiger partial charge in [-0.15, -0.1) is 0 Å². The third-order valence-corrected chi connectivity index (χ3v) is 6.01. The third-order valence-electron chi connectivity index (χ3n) is 6.01. The zero-order valence-corrected chi connectivity index (χ0v) is 23.4. The Labute approximate surface area is 233 Å². The first kappa shape index (κ1) is 30.4. The summed E-state index contributed by atoms with van der Waals surface area (Å²) in [6.45, 7) is 4.39. The average molecular weight is 558 g/mol. The number of benzene rings is 2. The Balaban J connectivity index is 1.97. The molecule has 0 unspecified atom stereocenters. The highest BCUT2D eigenvalue weighted by atomic mass is 16.7. The Morgan fingerprint density at radius 2 is 1.32 bits per heavy atom. The molecule has 2 aromatic carbocycles. The quantitative estimate of drug-likeness (QED) is 0.316. The molecule has 0 saturated carbocycles. The van der Waals surface area contributed by atoms with Gasteiger partial charge in [-0.05, 0) is 29.3 Å². The summed E-state index contributed by atoms with van der Waals surface area (Å²) in [5, 5.41) is 0. The number of para-hydroxylation sites is 1. The molecule has 0 N–H and O–H groups in total. The molecule has 1 aliphatic heterocycles. The molecule has 1 saturated heterocycles. The number of carbonyl (C=O) groups is 4. The van der Waals surface area contributed by atoms with E-state index in [1.165, 1.54) is 27.7 Å². The molecule has 1 fully saturated rings. The van der Waals surface area contributed by atoms with E-state index < -0.39 is 54.6 Å². The van der Waals surface area contributed by atoms with E-state index in [2.05, 4.69) is 0 Å². The monoisotopic (exact) mass is 557 g/mol. The zero-order chi connectivity index (χ0) is 29.4. The molecule has 0 spiro atoms. The van der Waals surface area contributed by atoms with E-state index >= 15 is 0 Å². The van der Waals surface area contributed by atoms with Crippen LogP contribution < -0.4 is 9.64 Å². The summed E-state index contributed by atoms with van der Waals surface area (Å²) < 4.78 is 33.8. The van der Waals surface area contributed by atoms with Crippen molar-refractivity contribution in [3.05, 3.63) is 59.7 Å². The van der Waals surface area contributed by atoms with Gasteiger partial charge < -0.3 is 33.3 Å². The standard InChI is InChI=1S/C29H35NO10/c1-17(31)35-16-25-26(36-18(2)32)27(37-19(3)33)28(38-20(4)34)29(40-25)39-24-10-8-7-9-22(24)15-21-11-13-23(14-12-21)30(5)6/h7-14,25-29H,15-16H2,1-6H3/t25-,26-,27+,28-,29-/m1/s1. The maximum atomic E-state index is 12.1. The van der Waals surface area contributed by atoms with Crippen molar-refractivity contribution in [2.24, 2.45) is 0 Å². The predicted molar refractivity (Wildman–Crippen MR) is 143 cm³/mol. The molecule has 11 nitrogen and oxygen atoms in total. The van der Waals surface area contributed by atoms with Gasteiger partial charge in [0.2, 0.25) is 12.4 Å². The van der Waals surface area contributed by atoms with Gasteiger partial charge in [-0.25, -0.2) is 0 Å². The van der Waals surface area contributed by atoms with Crippen LogP contribution in [0.15, 0.2) is 48.5 Å². The van der Waals surface area contributed by atoms with Gasteiger partial charge >= 0.3 is 23.9 Å². The fourth-order valence-electron chi connectivity index (χ4n) is 4.31. The first-order chi connectivity index (χ1) is 18.9. The number of ether oxygens (including phenoxy) is 6. The Kier molecular flexibility index (Phi) is 10.5. The van der Waals surface area contributed by atoms with E-state index in [0.717, 1.165) is 16.8 Å². The first-order valence-corrected chi connectivity index (χ1v) is 12.8. The van der Waals surface area contributed by atoms with Crippen molar-refractivity contribution in [2.45, 2.75) is 64.8 Å². The van der Waals surface area contributed by atoms with Crippen molar-refractivity contribution in [1.82, 2.24) is 0 Å². The Bertz CT molecular complexity index is 1200. The molecule has 216 valence electrons. The lowest BCUT2D eigenvalue weighted by Gasteiger charge is -2.44. The number of esters is 4. The molecule has 0 bridgehead atoms. The van der Waals surface area contributed by atoms with Gasteiger partial charge in [0.1, 0.15) is 18.5 Å². The van der Waals surface area contributed by atoms with E-state index in [9.17, 15) is 19.2 Å². The molecule has 2 aromatic rings. The van der Waals surface area contributed by atoms with Crippen molar-refractivity contribution in [3.8, 4) is 5.75 Å². The fraction of sp³-hybridized carbons (Fsp3) is 0.448. The Hall–Kier alpha value is -4.12. The number of hydrogen-bond donors (Lipinski definition) is 0. The molecule has 0 radical (unpaired) electrons. The highest BCUT2D eigenvalue weighted by Crippen LogP contribution is 2.32. The van der Waals surface area contributed by atoms with Gasteiger partial charge in [0.05, 0.1) is 0 Å². The number of nitrogens with zero attached hydrogens (tertiary/aromatic N) is 1. The first-order valence-electron chi connectivity index (χ1n) is 12.8. The van der Waals surface area contributed by atoms with Crippen LogP contribution in [0, 0.1) is 0 Å². The number of rotatable bonds is 10. The van der Waals surface area contributed by atoms with Crippen LogP contribution in [0.3, 0.4) is 0 Å². The summed E-state index contributed by atoms with van der Waals surface area (Å²) in [4.78, 5) is 49.7. The van der Waals surface area contributed by atoms with E-state index in [1.807, 2.05) is 55.4 Å². The summed E-state index contributed by atoms with van der Waals surface area (Å²) in [7, 11) is 3.93. The predicted octanol–water partition coefficient (Wildman–Crippen LogP) is 2.81. The van der Waals surface area contributed by atoms with Gasteiger partial charge in [0.15, 0.2) is 12.2 Å². The molecule has 5 atom stereocenters. The minimum atomic E-state index is -1.31. The minimum Gasteiger partial charge on any atom is -0.463 e. The van der Waals surface area contributed by atoms with Crippen molar-refractivity contribution in [1.29, 1.82) is 0 Å². The van der Waals surface area contributed by atoms with Crippen LogP contribution in [0.5, 0.6) is 5.75 Å². The van der Waals surface area contributed by atoms with Crippen LogP contribution >= 0.6 is 0 Å². The Morgan fingerprint density at radius 1 is 0.750 bits per heavy atom. The van der Waals surface area contributed by atoms with Crippen LogP contribution in [0.2, 0.25) is 0 Å². The second-order valence-corrected chi connectivity index (χ2v) is 9.53. The van der Waals surface area contributed by atoms with Crippen molar-refractivity contribution in [2.75, 3.05) is 25.6 Å². The molecule has 40 heavy (non-hydrogen) atoms. The smallest absolute Gasteiger partial charge is 0.303 e. The lowest BCUT2D eigenvalue weighted by atomic mass is 9.98. The molecule has 0 amide bonds. The molecule has 11 heteroatoms. The zero-order valence-electron chi connectivity index (χ0n) is 23.4. The number of carbonyl (C=O) groups excluding carboxylic acids is 4. The van der Waals surface area contributed by atoms with Gasteiger partial charge in [0.25, 0.3) is 0 Å². The average Bonchev–Trinajstić information content (AvgIpc) is 2.87. The van der Waals surface area contributed by atoms with Crippen molar-refractivity contribution < 1.29 is 47.6 Å². The van der Waals surface area contributed by atoms with Crippen LogP contribution in [-0.2, 0) is 49.3 Å². The fourth-order valence-corrected chi connectivity index (χ4v) is 4.31.